The number of para-hydroxylation sites is 2. The van der Waals surface area contributed by atoms with E-state index in [1.807, 2.05) is 0 Å². The van der Waals surface area contributed by atoms with E-state index in [2.05, 4.69) is 4.98 Å². The Morgan fingerprint density at radius 2 is 1.76 bits per heavy atom. The molecular weight excluding hydrogens is 440 g/mol. The number of H-pyrrole nitrogens is 1. The quantitative estimate of drug-likeness (QED) is 0.464. The first-order valence-corrected chi connectivity index (χ1v) is 10.8. The molecule has 0 saturated heterocycles. The summed E-state index contributed by atoms with van der Waals surface area (Å²) < 4.78 is 33.2. The molecule has 6 nitrogen and oxygen atoms in total. The van der Waals surface area contributed by atoms with Gasteiger partial charge in [0, 0.05) is 23.0 Å². The molecule has 172 valence electrons. The average molecular weight is 461 g/mol. The first kappa shape index (κ1) is 21.6. The van der Waals surface area contributed by atoms with E-state index in [-0.39, 0.29) is 24.7 Å². The summed E-state index contributed by atoms with van der Waals surface area (Å²) in [7, 11) is 0. The van der Waals surface area contributed by atoms with E-state index in [1.165, 1.54) is 29.2 Å². The number of anilines is 1. The summed E-state index contributed by atoms with van der Waals surface area (Å²) in [6.45, 7) is 0.0124. The number of primary amides is 1. The Morgan fingerprint density at radius 1 is 1.03 bits per heavy atom. The fourth-order valence-corrected chi connectivity index (χ4v) is 4.33. The number of aromatic nitrogens is 1. The minimum absolute atomic E-state index is 0.0124. The minimum Gasteiger partial charge on any atom is -0.477 e. The number of rotatable bonds is 5. The summed E-state index contributed by atoms with van der Waals surface area (Å²) in [6.07, 6.45) is -0.552. The minimum atomic E-state index is -0.948. The summed E-state index contributed by atoms with van der Waals surface area (Å²) in [5.41, 5.74) is 8.90. The van der Waals surface area contributed by atoms with Gasteiger partial charge in [0.2, 0.25) is 5.91 Å². The molecule has 2 amide bonds. The highest BCUT2D eigenvalue weighted by molar-refractivity contribution is 5.98. The van der Waals surface area contributed by atoms with Crippen LogP contribution in [-0.4, -0.2) is 29.4 Å². The molecule has 0 fully saturated rings. The van der Waals surface area contributed by atoms with Gasteiger partial charge in [-0.15, -0.1) is 0 Å². The molecule has 1 aromatic heterocycles. The lowest BCUT2D eigenvalue weighted by atomic mass is 10.0. The molecule has 3 aromatic carbocycles. The van der Waals surface area contributed by atoms with Crippen LogP contribution in [-0.2, 0) is 16.0 Å². The highest BCUT2D eigenvalue weighted by atomic mass is 19.1. The van der Waals surface area contributed by atoms with Crippen LogP contribution in [0.25, 0.3) is 22.2 Å². The number of nitrogens with one attached hydrogen (secondary N) is 1. The summed E-state index contributed by atoms with van der Waals surface area (Å²) >= 11 is 0. The van der Waals surface area contributed by atoms with Gasteiger partial charge in [0.25, 0.3) is 5.91 Å². The highest BCUT2D eigenvalue weighted by Crippen LogP contribution is 2.35. The van der Waals surface area contributed by atoms with Gasteiger partial charge in [-0.05, 0) is 72.1 Å². The van der Waals surface area contributed by atoms with Gasteiger partial charge in [0.1, 0.15) is 17.4 Å². The highest BCUT2D eigenvalue weighted by Gasteiger charge is 2.32. The molecular formula is C26H21F2N3O3. The molecule has 8 heteroatoms. The van der Waals surface area contributed by atoms with E-state index in [0.717, 1.165) is 11.1 Å². The summed E-state index contributed by atoms with van der Waals surface area (Å²) in [4.78, 5) is 29.9. The Kier molecular flexibility index (Phi) is 5.49. The van der Waals surface area contributed by atoms with Crippen molar-refractivity contribution < 1.29 is 23.1 Å². The number of benzene rings is 3. The van der Waals surface area contributed by atoms with Gasteiger partial charge < -0.3 is 20.4 Å². The first-order valence-electron chi connectivity index (χ1n) is 10.8. The normalized spacial score (nSPS) is 15.1. The van der Waals surface area contributed by atoms with Crippen molar-refractivity contribution in [1.29, 1.82) is 0 Å². The molecule has 0 saturated carbocycles. The van der Waals surface area contributed by atoms with Crippen LogP contribution in [0.4, 0.5) is 14.5 Å². The second kappa shape index (κ2) is 8.62. The molecule has 0 aliphatic carbocycles. The number of carbonyl (C=O) groups is 2. The van der Waals surface area contributed by atoms with Gasteiger partial charge in [0.15, 0.2) is 6.10 Å². The van der Waals surface area contributed by atoms with Gasteiger partial charge >= 0.3 is 0 Å². The fraction of sp³-hybridized carbons (Fsp3) is 0.154. The Labute approximate surface area is 193 Å². The molecule has 1 atom stereocenters. The zero-order chi connectivity index (χ0) is 23.8. The second-order valence-corrected chi connectivity index (χ2v) is 8.16. The van der Waals surface area contributed by atoms with Gasteiger partial charge in [0.05, 0.1) is 12.2 Å². The molecule has 3 N–H and O–H groups in total. The monoisotopic (exact) mass is 461 g/mol. The molecule has 4 aromatic rings. The standard InChI is InChI=1S/C26H21F2N3O3/c27-16-7-5-15(6-8-16)25-18(19-13-17(28)9-11-20(19)30-25)10-12-24(32)31-14-23(26(29)33)34-22-4-2-1-3-21(22)31/h1-9,11,13,23,30H,10,12,14H2,(H2,29,33)/t23-/m0/s1. The largest absolute Gasteiger partial charge is 0.477 e. The number of aromatic amines is 1. The molecule has 5 rings (SSSR count). The molecule has 34 heavy (non-hydrogen) atoms. The van der Waals surface area contributed by atoms with Crippen LogP contribution in [0, 0.1) is 11.6 Å². The maximum Gasteiger partial charge on any atom is 0.260 e. The lowest BCUT2D eigenvalue weighted by Crippen LogP contribution is -2.49. The number of hydrogen-bond acceptors (Lipinski definition) is 3. The lowest BCUT2D eigenvalue weighted by Gasteiger charge is -2.33. The molecule has 1 aliphatic rings. The van der Waals surface area contributed by atoms with Crippen molar-refractivity contribution in [1.82, 2.24) is 4.98 Å². The lowest BCUT2D eigenvalue weighted by molar-refractivity contribution is -0.125. The number of hydrogen-bond donors (Lipinski definition) is 2. The number of nitrogens with two attached hydrogens (primary N) is 1. The first-order chi connectivity index (χ1) is 16.4. The average Bonchev–Trinajstić information content (AvgIpc) is 3.19. The van der Waals surface area contributed by atoms with Gasteiger partial charge in [-0.1, -0.05) is 12.1 Å². The zero-order valence-corrected chi connectivity index (χ0v) is 18.1. The fourth-order valence-electron chi connectivity index (χ4n) is 4.33. The van der Waals surface area contributed by atoms with Crippen LogP contribution in [0.1, 0.15) is 12.0 Å². The van der Waals surface area contributed by atoms with Crippen molar-refractivity contribution in [2.45, 2.75) is 18.9 Å². The summed E-state index contributed by atoms with van der Waals surface area (Å²) in [5.74, 6) is -1.23. The van der Waals surface area contributed by atoms with E-state index in [0.29, 0.717) is 34.5 Å². The molecule has 0 bridgehead atoms. The molecule has 2 heterocycles. The van der Waals surface area contributed by atoms with Gasteiger partial charge in [-0.25, -0.2) is 8.78 Å². The molecule has 0 unspecified atom stereocenters. The van der Waals surface area contributed by atoms with Crippen molar-refractivity contribution in [3.05, 3.63) is 83.9 Å². The van der Waals surface area contributed by atoms with Crippen LogP contribution < -0.4 is 15.4 Å². The molecule has 0 radical (unpaired) electrons. The predicted octanol–water partition coefficient (Wildman–Crippen LogP) is 4.33. The number of carbonyl (C=O) groups excluding carboxylic acids is 2. The molecule has 0 spiro atoms. The van der Waals surface area contributed by atoms with Crippen LogP contribution >= 0.6 is 0 Å². The van der Waals surface area contributed by atoms with Crippen molar-refractivity contribution >= 4 is 28.4 Å². The number of ether oxygens (including phenoxy) is 1. The number of fused-ring (bicyclic) bond motifs is 2. The van der Waals surface area contributed by atoms with Crippen LogP contribution in [0.15, 0.2) is 66.7 Å². The number of nitrogens with zero attached hydrogens (tertiary/aromatic N) is 1. The van der Waals surface area contributed by atoms with Crippen LogP contribution in [0.5, 0.6) is 5.75 Å². The second-order valence-electron chi connectivity index (χ2n) is 8.16. The third-order valence-electron chi connectivity index (χ3n) is 5.98. The third-order valence-corrected chi connectivity index (χ3v) is 5.98. The number of amides is 2. The predicted molar refractivity (Wildman–Crippen MR) is 124 cm³/mol. The SMILES string of the molecule is NC(=O)[C@@H]1CN(C(=O)CCc2c(-c3ccc(F)cc3)[nH]c3ccc(F)cc23)c2ccccc2O1. The Bertz CT molecular complexity index is 1400. The number of halogens is 2. The summed E-state index contributed by atoms with van der Waals surface area (Å²) in [6, 6.07) is 17.4. The maximum atomic E-state index is 14.1. The van der Waals surface area contributed by atoms with Crippen molar-refractivity contribution in [3.63, 3.8) is 0 Å². The van der Waals surface area contributed by atoms with Crippen LogP contribution in [0.3, 0.4) is 0 Å². The summed E-state index contributed by atoms with van der Waals surface area (Å²) in [5, 5.41) is 0.657. The van der Waals surface area contributed by atoms with Crippen molar-refractivity contribution in [2.75, 3.05) is 11.4 Å². The zero-order valence-electron chi connectivity index (χ0n) is 18.1. The van der Waals surface area contributed by atoms with Gasteiger partial charge in [-0.2, -0.15) is 0 Å². The van der Waals surface area contributed by atoms with Crippen LogP contribution in [0.2, 0.25) is 0 Å². The Hall–Kier alpha value is -4.20. The maximum absolute atomic E-state index is 14.1. The topological polar surface area (TPSA) is 88.4 Å². The van der Waals surface area contributed by atoms with Crippen molar-refractivity contribution in [3.8, 4) is 17.0 Å². The van der Waals surface area contributed by atoms with E-state index in [9.17, 15) is 18.4 Å². The van der Waals surface area contributed by atoms with Gasteiger partial charge in [-0.3, -0.25) is 9.59 Å². The Morgan fingerprint density at radius 3 is 2.53 bits per heavy atom. The van der Waals surface area contributed by atoms with E-state index in [1.54, 1.807) is 42.5 Å². The number of aryl methyl sites for hydroxylation is 1. The third kappa shape index (κ3) is 3.98. The van der Waals surface area contributed by atoms with E-state index >= 15 is 0 Å². The Balaban J connectivity index is 1.47. The van der Waals surface area contributed by atoms with Crippen molar-refractivity contribution in [2.24, 2.45) is 5.73 Å². The van der Waals surface area contributed by atoms with E-state index in [4.69, 9.17) is 10.5 Å². The smallest absolute Gasteiger partial charge is 0.260 e. The van der Waals surface area contributed by atoms with E-state index < -0.39 is 17.8 Å². The molecule has 1 aliphatic heterocycles.